The SMILES string of the molecule is C/C(=C\C=C1/C(C)C2=C(CC[C@@H](C3CCOCC3)C2)N1C)C(=O)O. The lowest BCUT2D eigenvalue weighted by molar-refractivity contribution is -0.132. The van der Waals surface area contributed by atoms with Crippen molar-refractivity contribution in [1.29, 1.82) is 0 Å². The van der Waals surface area contributed by atoms with Gasteiger partial charge in [-0.2, -0.15) is 0 Å². The number of ether oxygens (including phenoxy) is 1. The van der Waals surface area contributed by atoms with Gasteiger partial charge in [0.1, 0.15) is 0 Å². The van der Waals surface area contributed by atoms with Crippen LogP contribution in [-0.4, -0.2) is 36.2 Å². The van der Waals surface area contributed by atoms with Crippen molar-refractivity contribution >= 4 is 5.97 Å². The van der Waals surface area contributed by atoms with Crippen molar-refractivity contribution in [2.75, 3.05) is 20.3 Å². The van der Waals surface area contributed by atoms with Gasteiger partial charge in [0, 0.05) is 43.1 Å². The van der Waals surface area contributed by atoms with E-state index in [1.165, 1.54) is 37.1 Å². The molecule has 0 aromatic heterocycles. The number of aliphatic carboxylic acids is 1. The lowest BCUT2D eigenvalue weighted by atomic mass is 9.74. The summed E-state index contributed by atoms with van der Waals surface area (Å²) in [4.78, 5) is 13.3. The van der Waals surface area contributed by atoms with Gasteiger partial charge in [0.2, 0.25) is 0 Å². The fraction of sp³-hybridized carbons (Fsp3) is 0.650. The van der Waals surface area contributed by atoms with Crippen molar-refractivity contribution in [2.45, 2.75) is 46.0 Å². The van der Waals surface area contributed by atoms with Crippen LogP contribution >= 0.6 is 0 Å². The molecule has 0 aromatic rings. The Bertz CT molecular complexity index is 596. The fourth-order valence-electron chi connectivity index (χ4n) is 4.55. The Morgan fingerprint density at radius 1 is 1.25 bits per heavy atom. The van der Waals surface area contributed by atoms with Crippen LogP contribution in [0.4, 0.5) is 0 Å². The Morgan fingerprint density at radius 2 is 1.96 bits per heavy atom. The molecule has 4 heteroatoms. The van der Waals surface area contributed by atoms with Crippen LogP contribution in [0.15, 0.2) is 34.7 Å². The zero-order chi connectivity index (χ0) is 17.3. The highest BCUT2D eigenvalue weighted by atomic mass is 16.5. The van der Waals surface area contributed by atoms with Gasteiger partial charge in [0.15, 0.2) is 0 Å². The monoisotopic (exact) mass is 331 g/mol. The molecule has 0 bridgehead atoms. The molecule has 1 fully saturated rings. The molecular weight excluding hydrogens is 302 g/mol. The second-order valence-corrected chi connectivity index (χ2v) is 7.45. The lowest BCUT2D eigenvalue weighted by Gasteiger charge is -2.34. The molecule has 0 spiro atoms. The summed E-state index contributed by atoms with van der Waals surface area (Å²) < 4.78 is 5.52. The van der Waals surface area contributed by atoms with Crippen molar-refractivity contribution in [2.24, 2.45) is 17.8 Å². The van der Waals surface area contributed by atoms with Gasteiger partial charge in [-0.1, -0.05) is 13.0 Å². The van der Waals surface area contributed by atoms with Crippen molar-refractivity contribution in [3.05, 3.63) is 34.7 Å². The van der Waals surface area contributed by atoms with Crippen LogP contribution in [-0.2, 0) is 9.53 Å². The molecule has 1 N–H and O–H groups in total. The lowest BCUT2D eigenvalue weighted by Crippen LogP contribution is -2.26. The van der Waals surface area contributed by atoms with Gasteiger partial charge in [0.05, 0.1) is 0 Å². The summed E-state index contributed by atoms with van der Waals surface area (Å²) in [5, 5.41) is 9.04. The number of hydrogen-bond acceptors (Lipinski definition) is 3. The molecule has 0 saturated carbocycles. The molecule has 2 aliphatic heterocycles. The summed E-state index contributed by atoms with van der Waals surface area (Å²) in [6.45, 7) is 5.76. The summed E-state index contributed by atoms with van der Waals surface area (Å²) in [6.07, 6.45) is 9.77. The molecule has 24 heavy (non-hydrogen) atoms. The summed E-state index contributed by atoms with van der Waals surface area (Å²) in [5.74, 6) is 1.15. The summed E-state index contributed by atoms with van der Waals surface area (Å²) in [7, 11) is 2.13. The van der Waals surface area contributed by atoms with E-state index in [1.807, 2.05) is 6.08 Å². The smallest absolute Gasteiger partial charge is 0.331 e. The Balaban J connectivity index is 1.75. The first-order valence-electron chi connectivity index (χ1n) is 9.14. The Hall–Kier alpha value is -1.55. The largest absolute Gasteiger partial charge is 0.478 e. The maximum Gasteiger partial charge on any atom is 0.331 e. The van der Waals surface area contributed by atoms with E-state index in [4.69, 9.17) is 9.84 Å². The molecule has 1 aliphatic carbocycles. The third kappa shape index (κ3) is 3.30. The standard InChI is InChI=1S/C20H29NO3/c1-13(20(22)23)4-6-18-14(2)17-12-16(5-7-19(17)21(18)3)15-8-10-24-11-9-15/h4,6,14-16H,5,7-12H2,1-3H3,(H,22,23)/b13-4+,18-6+/t14?,16-/m1/s1. The molecule has 0 aromatic carbocycles. The minimum Gasteiger partial charge on any atom is -0.478 e. The van der Waals surface area contributed by atoms with Crippen molar-refractivity contribution < 1.29 is 14.6 Å². The average Bonchev–Trinajstić information content (AvgIpc) is 2.84. The van der Waals surface area contributed by atoms with E-state index >= 15 is 0 Å². The van der Waals surface area contributed by atoms with Crippen LogP contribution in [0.25, 0.3) is 0 Å². The first kappa shape index (κ1) is 17.3. The summed E-state index contributed by atoms with van der Waals surface area (Å²) in [6, 6.07) is 0. The molecule has 2 atom stereocenters. The highest BCUT2D eigenvalue weighted by Gasteiger charge is 2.37. The second-order valence-electron chi connectivity index (χ2n) is 7.45. The van der Waals surface area contributed by atoms with Crippen LogP contribution in [0, 0.1) is 17.8 Å². The zero-order valence-corrected chi connectivity index (χ0v) is 15.0. The normalized spacial score (nSPS) is 30.9. The molecule has 1 saturated heterocycles. The van der Waals surface area contributed by atoms with Gasteiger partial charge in [-0.15, -0.1) is 0 Å². The number of hydrogen-bond donors (Lipinski definition) is 1. The minimum atomic E-state index is -0.850. The number of allylic oxidation sites excluding steroid dienone is 4. The number of carboxylic acids is 1. The van der Waals surface area contributed by atoms with Crippen LogP contribution in [0.3, 0.4) is 0 Å². The third-order valence-corrected chi connectivity index (χ3v) is 6.14. The van der Waals surface area contributed by atoms with E-state index in [-0.39, 0.29) is 0 Å². The van der Waals surface area contributed by atoms with Crippen LogP contribution in [0.2, 0.25) is 0 Å². The van der Waals surface area contributed by atoms with E-state index < -0.39 is 5.97 Å². The van der Waals surface area contributed by atoms with Gasteiger partial charge in [-0.3, -0.25) is 0 Å². The van der Waals surface area contributed by atoms with Crippen LogP contribution in [0.1, 0.15) is 46.0 Å². The molecule has 4 nitrogen and oxygen atoms in total. The predicted octanol–water partition coefficient (Wildman–Crippen LogP) is 3.96. The van der Waals surface area contributed by atoms with Gasteiger partial charge in [0.25, 0.3) is 0 Å². The maximum absolute atomic E-state index is 11.0. The molecule has 1 unspecified atom stereocenters. The zero-order valence-electron chi connectivity index (χ0n) is 15.0. The Kier molecular flexibility index (Phi) is 5.14. The highest BCUT2D eigenvalue weighted by Crippen LogP contribution is 2.47. The average molecular weight is 331 g/mol. The predicted molar refractivity (Wildman–Crippen MR) is 94.3 cm³/mol. The quantitative estimate of drug-likeness (QED) is 0.795. The van der Waals surface area contributed by atoms with E-state index in [2.05, 4.69) is 18.9 Å². The van der Waals surface area contributed by atoms with Crippen molar-refractivity contribution in [3.8, 4) is 0 Å². The first-order valence-corrected chi connectivity index (χ1v) is 9.14. The number of carboxylic acid groups (broad SMARTS) is 1. The number of rotatable bonds is 3. The topological polar surface area (TPSA) is 49.8 Å². The second kappa shape index (κ2) is 7.14. The molecule has 3 rings (SSSR count). The van der Waals surface area contributed by atoms with E-state index in [0.717, 1.165) is 31.5 Å². The maximum atomic E-state index is 11.0. The van der Waals surface area contributed by atoms with Gasteiger partial charge in [-0.25, -0.2) is 4.79 Å². The molecule has 132 valence electrons. The molecule has 3 aliphatic rings. The van der Waals surface area contributed by atoms with Crippen molar-refractivity contribution in [1.82, 2.24) is 4.90 Å². The van der Waals surface area contributed by atoms with E-state index in [0.29, 0.717) is 11.5 Å². The van der Waals surface area contributed by atoms with E-state index in [1.54, 1.807) is 18.6 Å². The molecular formula is C20H29NO3. The van der Waals surface area contributed by atoms with E-state index in [9.17, 15) is 4.79 Å². The number of carbonyl (C=O) groups is 1. The Labute approximate surface area is 144 Å². The molecule has 2 heterocycles. The van der Waals surface area contributed by atoms with Crippen LogP contribution in [0.5, 0.6) is 0 Å². The third-order valence-electron chi connectivity index (χ3n) is 6.14. The minimum absolute atomic E-state index is 0.382. The fourth-order valence-corrected chi connectivity index (χ4v) is 4.55. The Morgan fingerprint density at radius 3 is 2.62 bits per heavy atom. The molecule has 0 amide bonds. The van der Waals surface area contributed by atoms with Crippen molar-refractivity contribution in [3.63, 3.8) is 0 Å². The van der Waals surface area contributed by atoms with Gasteiger partial charge >= 0.3 is 5.97 Å². The highest BCUT2D eigenvalue weighted by molar-refractivity contribution is 5.86. The summed E-state index contributed by atoms with van der Waals surface area (Å²) >= 11 is 0. The van der Waals surface area contributed by atoms with Crippen LogP contribution < -0.4 is 0 Å². The number of nitrogens with zero attached hydrogens (tertiary/aromatic N) is 1. The molecule has 0 radical (unpaired) electrons. The van der Waals surface area contributed by atoms with Gasteiger partial charge in [-0.05, 0) is 62.5 Å². The first-order chi connectivity index (χ1) is 11.5. The van der Waals surface area contributed by atoms with Gasteiger partial charge < -0.3 is 14.7 Å². The summed E-state index contributed by atoms with van der Waals surface area (Å²) in [5.41, 5.74) is 4.66.